The maximum Gasteiger partial charge on any atom is 0.303 e. The van der Waals surface area contributed by atoms with Crippen molar-refractivity contribution in [2.45, 2.75) is 33.1 Å². The molecular formula is C12H17NO2. The number of aromatic nitrogens is 1. The highest BCUT2D eigenvalue weighted by atomic mass is 16.4. The van der Waals surface area contributed by atoms with Gasteiger partial charge in [0.1, 0.15) is 0 Å². The Morgan fingerprint density at radius 2 is 2.20 bits per heavy atom. The van der Waals surface area contributed by atoms with Crippen molar-refractivity contribution in [1.29, 1.82) is 0 Å². The van der Waals surface area contributed by atoms with Crippen LogP contribution in [0.4, 0.5) is 0 Å². The van der Waals surface area contributed by atoms with E-state index < -0.39 is 5.97 Å². The fraction of sp³-hybridized carbons (Fsp3) is 0.500. The summed E-state index contributed by atoms with van der Waals surface area (Å²) >= 11 is 0. The largest absolute Gasteiger partial charge is 0.481 e. The van der Waals surface area contributed by atoms with Crippen LogP contribution in [0.15, 0.2) is 24.5 Å². The maximum absolute atomic E-state index is 10.8. The third-order valence-corrected chi connectivity index (χ3v) is 2.51. The maximum atomic E-state index is 10.8. The van der Waals surface area contributed by atoms with Gasteiger partial charge in [0.25, 0.3) is 0 Å². The van der Waals surface area contributed by atoms with Gasteiger partial charge in [-0.25, -0.2) is 0 Å². The van der Waals surface area contributed by atoms with E-state index in [0.29, 0.717) is 0 Å². The van der Waals surface area contributed by atoms with Gasteiger partial charge in [-0.05, 0) is 17.0 Å². The van der Waals surface area contributed by atoms with Crippen LogP contribution in [0.1, 0.15) is 38.7 Å². The van der Waals surface area contributed by atoms with Gasteiger partial charge in [-0.1, -0.05) is 26.8 Å². The van der Waals surface area contributed by atoms with Gasteiger partial charge in [0.15, 0.2) is 0 Å². The summed E-state index contributed by atoms with van der Waals surface area (Å²) in [5.74, 6) is -0.762. The summed E-state index contributed by atoms with van der Waals surface area (Å²) in [5.41, 5.74) is 0.925. The van der Waals surface area contributed by atoms with Crippen molar-refractivity contribution >= 4 is 5.97 Å². The van der Waals surface area contributed by atoms with E-state index in [4.69, 9.17) is 5.11 Å². The molecule has 0 aliphatic heterocycles. The molecule has 1 aromatic rings. The Balaban J connectivity index is 2.97. The zero-order valence-electron chi connectivity index (χ0n) is 9.40. The summed E-state index contributed by atoms with van der Waals surface area (Å²) < 4.78 is 0. The van der Waals surface area contributed by atoms with Crippen LogP contribution in [0, 0.1) is 5.41 Å². The van der Waals surface area contributed by atoms with E-state index >= 15 is 0 Å². The average Bonchev–Trinajstić information content (AvgIpc) is 2.14. The first-order valence-corrected chi connectivity index (χ1v) is 5.03. The highest BCUT2D eigenvalue weighted by Gasteiger charge is 2.28. The molecule has 82 valence electrons. The van der Waals surface area contributed by atoms with Gasteiger partial charge in [-0.3, -0.25) is 9.78 Å². The van der Waals surface area contributed by atoms with Crippen LogP contribution >= 0.6 is 0 Å². The molecule has 0 amide bonds. The standard InChI is InChI=1S/C12H17NO2/c1-12(2,3)10(7-11(14)15)9-5-4-6-13-8-9/h4-6,8,10H,7H2,1-3H3,(H,14,15). The van der Waals surface area contributed by atoms with Crippen molar-refractivity contribution in [3.05, 3.63) is 30.1 Å². The first-order chi connectivity index (χ1) is 6.91. The Morgan fingerprint density at radius 3 is 2.60 bits per heavy atom. The van der Waals surface area contributed by atoms with Crippen molar-refractivity contribution in [3.63, 3.8) is 0 Å². The van der Waals surface area contributed by atoms with Crippen molar-refractivity contribution < 1.29 is 9.90 Å². The molecule has 0 aliphatic carbocycles. The lowest BCUT2D eigenvalue weighted by Crippen LogP contribution is -2.21. The monoisotopic (exact) mass is 207 g/mol. The lowest BCUT2D eigenvalue weighted by molar-refractivity contribution is -0.138. The molecule has 0 aliphatic rings. The molecule has 0 fully saturated rings. The molecule has 1 N–H and O–H groups in total. The van der Waals surface area contributed by atoms with E-state index in [2.05, 4.69) is 4.98 Å². The molecule has 0 radical (unpaired) electrons. The molecule has 1 unspecified atom stereocenters. The Bertz CT molecular complexity index is 327. The number of aliphatic carboxylic acids is 1. The summed E-state index contributed by atoms with van der Waals surface area (Å²) in [6.07, 6.45) is 3.60. The zero-order chi connectivity index (χ0) is 11.5. The summed E-state index contributed by atoms with van der Waals surface area (Å²) in [5, 5.41) is 8.89. The Kier molecular flexibility index (Phi) is 3.45. The highest BCUT2D eigenvalue weighted by Crippen LogP contribution is 2.37. The molecule has 0 spiro atoms. The Labute approximate surface area is 90.2 Å². The number of carboxylic acids is 1. The lowest BCUT2D eigenvalue weighted by atomic mass is 9.75. The SMILES string of the molecule is CC(C)(C)C(CC(=O)O)c1cccnc1. The number of rotatable bonds is 3. The average molecular weight is 207 g/mol. The summed E-state index contributed by atoms with van der Waals surface area (Å²) in [6, 6.07) is 3.78. The summed E-state index contributed by atoms with van der Waals surface area (Å²) in [6.45, 7) is 6.15. The van der Waals surface area contributed by atoms with Crippen LogP contribution in [-0.4, -0.2) is 16.1 Å². The number of nitrogens with zero attached hydrogens (tertiary/aromatic N) is 1. The van der Waals surface area contributed by atoms with Gasteiger partial charge < -0.3 is 5.11 Å². The van der Waals surface area contributed by atoms with Crippen molar-refractivity contribution in [2.75, 3.05) is 0 Å². The van der Waals surface area contributed by atoms with Crippen molar-refractivity contribution in [3.8, 4) is 0 Å². The van der Waals surface area contributed by atoms with Gasteiger partial charge in [0, 0.05) is 18.3 Å². The third kappa shape index (κ3) is 3.35. The smallest absolute Gasteiger partial charge is 0.303 e. The minimum absolute atomic E-state index is 0.00343. The fourth-order valence-corrected chi connectivity index (χ4v) is 1.68. The minimum Gasteiger partial charge on any atom is -0.481 e. The van der Waals surface area contributed by atoms with Crippen LogP contribution in [0.2, 0.25) is 0 Å². The number of carboxylic acid groups (broad SMARTS) is 1. The number of hydrogen-bond donors (Lipinski definition) is 1. The number of carbonyl (C=O) groups is 1. The first kappa shape index (κ1) is 11.7. The van der Waals surface area contributed by atoms with Gasteiger partial charge in [-0.15, -0.1) is 0 Å². The second-order valence-corrected chi connectivity index (χ2v) is 4.80. The molecule has 0 saturated heterocycles. The molecule has 1 aromatic heterocycles. The third-order valence-electron chi connectivity index (χ3n) is 2.51. The van der Waals surface area contributed by atoms with Gasteiger partial charge in [0.05, 0.1) is 6.42 Å². The highest BCUT2D eigenvalue weighted by molar-refractivity contribution is 5.68. The van der Waals surface area contributed by atoms with Crippen molar-refractivity contribution in [1.82, 2.24) is 4.98 Å². The molecule has 0 aromatic carbocycles. The van der Waals surface area contributed by atoms with Gasteiger partial charge >= 0.3 is 5.97 Å². The van der Waals surface area contributed by atoms with E-state index in [1.807, 2.05) is 32.9 Å². The molecule has 1 rings (SSSR count). The van der Waals surface area contributed by atoms with E-state index in [9.17, 15) is 4.79 Å². The number of pyridine rings is 1. The Hall–Kier alpha value is -1.38. The molecule has 0 saturated carbocycles. The normalized spacial score (nSPS) is 13.5. The summed E-state index contributed by atoms with van der Waals surface area (Å²) in [7, 11) is 0. The minimum atomic E-state index is -0.765. The molecule has 1 atom stereocenters. The Morgan fingerprint density at radius 1 is 1.53 bits per heavy atom. The van der Waals surface area contributed by atoms with E-state index in [0.717, 1.165) is 5.56 Å². The van der Waals surface area contributed by atoms with Gasteiger partial charge in [-0.2, -0.15) is 0 Å². The van der Waals surface area contributed by atoms with Crippen LogP contribution in [0.5, 0.6) is 0 Å². The molecule has 15 heavy (non-hydrogen) atoms. The van der Waals surface area contributed by atoms with Crippen LogP contribution < -0.4 is 0 Å². The quantitative estimate of drug-likeness (QED) is 0.829. The van der Waals surface area contributed by atoms with Crippen LogP contribution in [0.3, 0.4) is 0 Å². The zero-order valence-corrected chi connectivity index (χ0v) is 9.40. The first-order valence-electron chi connectivity index (χ1n) is 5.03. The molecule has 3 nitrogen and oxygen atoms in total. The second-order valence-electron chi connectivity index (χ2n) is 4.80. The topological polar surface area (TPSA) is 50.2 Å². The predicted molar refractivity (Wildman–Crippen MR) is 58.7 cm³/mol. The van der Waals surface area contributed by atoms with Crippen molar-refractivity contribution in [2.24, 2.45) is 5.41 Å². The fourth-order valence-electron chi connectivity index (χ4n) is 1.68. The molecule has 0 bridgehead atoms. The molecular weight excluding hydrogens is 190 g/mol. The van der Waals surface area contributed by atoms with Gasteiger partial charge in [0.2, 0.25) is 0 Å². The number of hydrogen-bond acceptors (Lipinski definition) is 2. The second kappa shape index (κ2) is 4.43. The van der Waals surface area contributed by atoms with E-state index in [-0.39, 0.29) is 17.8 Å². The van der Waals surface area contributed by atoms with E-state index in [1.54, 1.807) is 12.4 Å². The predicted octanol–water partition coefficient (Wildman–Crippen LogP) is 2.69. The lowest BCUT2D eigenvalue weighted by Gasteiger charge is -2.29. The van der Waals surface area contributed by atoms with Crippen LogP contribution in [-0.2, 0) is 4.79 Å². The summed E-state index contributed by atoms with van der Waals surface area (Å²) in [4.78, 5) is 14.8. The van der Waals surface area contributed by atoms with E-state index in [1.165, 1.54) is 0 Å². The van der Waals surface area contributed by atoms with Crippen LogP contribution in [0.25, 0.3) is 0 Å². The molecule has 3 heteroatoms. The molecule has 1 heterocycles.